The monoisotopic (exact) mass is 278 g/mol. The molecule has 17 heavy (non-hydrogen) atoms. The predicted octanol–water partition coefficient (Wildman–Crippen LogP) is 3.08. The van der Waals surface area contributed by atoms with Crippen molar-refractivity contribution in [1.29, 1.82) is 0 Å². The topological polar surface area (TPSA) is 58.2 Å². The number of rotatable bonds is 8. The van der Waals surface area contributed by atoms with Crippen LogP contribution in [0.2, 0.25) is 0 Å². The van der Waals surface area contributed by atoms with E-state index in [1.165, 1.54) is 23.5 Å². The highest BCUT2D eigenvalue weighted by atomic mass is 32.2. The molecule has 0 unspecified atom stereocenters. The van der Waals surface area contributed by atoms with Crippen LogP contribution in [0.15, 0.2) is 0 Å². The van der Waals surface area contributed by atoms with Crippen LogP contribution in [0.3, 0.4) is 0 Å². The molecule has 0 aliphatic rings. The van der Waals surface area contributed by atoms with Crippen molar-refractivity contribution in [1.82, 2.24) is 10.6 Å². The summed E-state index contributed by atoms with van der Waals surface area (Å²) >= 11 is 2.58. The molecule has 0 radical (unpaired) electrons. The van der Waals surface area contributed by atoms with Crippen molar-refractivity contribution in [2.75, 3.05) is 24.6 Å². The molecule has 0 aromatic heterocycles. The molecule has 0 fully saturated rings. The van der Waals surface area contributed by atoms with Gasteiger partial charge in [0, 0.05) is 24.6 Å². The molecular formula is C11H22N2O2S2. The van der Waals surface area contributed by atoms with Crippen LogP contribution in [-0.2, 0) is 0 Å². The van der Waals surface area contributed by atoms with Gasteiger partial charge in [0.2, 0.25) is 0 Å². The molecule has 0 aromatic carbocycles. The lowest BCUT2D eigenvalue weighted by Gasteiger charge is -2.03. The van der Waals surface area contributed by atoms with Crippen LogP contribution in [0.25, 0.3) is 0 Å². The highest BCUT2D eigenvalue weighted by molar-refractivity contribution is 8.14. The van der Waals surface area contributed by atoms with Crippen LogP contribution in [0, 0.1) is 0 Å². The Morgan fingerprint density at radius 3 is 1.65 bits per heavy atom. The quantitative estimate of drug-likeness (QED) is 0.670. The molecule has 0 rings (SSSR count). The summed E-state index contributed by atoms with van der Waals surface area (Å²) in [7, 11) is 0. The minimum absolute atomic E-state index is 0.0345. The van der Waals surface area contributed by atoms with Crippen LogP contribution in [-0.4, -0.2) is 35.1 Å². The molecule has 2 amide bonds. The molecule has 0 aromatic rings. The SMILES string of the molecule is CCCNC(=O)SCCCSC(=O)NCCC. The fourth-order valence-corrected chi connectivity index (χ4v) is 2.48. The van der Waals surface area contributed by atoms with E-state index in [0.29, 0.717) is 0 Å². The van der Waals surface area contributed by atoms with Crippen molar-refractivity contribution in [3.63, 3.8) is 0 Å². The maximum Gasteiger partial charge on any atom is 0.279 e. The van der Waals surface area contributed by atoms with Gasteiger partial charge >= 0.3 is 0 Å². The molecule has 4 nitrogen and oxygen atoms in total. The van der Waals surface area contributed by atoms with Gasteiger partial charge < -0.3 is 10.6 Å². The second-order valence-electron chi connectivity index (χ2n) is 3.48. The van der Waals surface area contributed by atoms with E-state index in [2.05, 4.69) is 10.6 Å². The molecule has 0 spiro atoms. The van der Waals surface area contributed by atoms with Crippen LogP contribution in [0.1, 0.15) is 33.1 Å². The van der Waals surface area contributed by atoms with Crippen molar-refractivity contribution >= 4 is 34.0 Å². The predicted molar refractivity (Wildman–Crippen MR) is 76.9 cm³/mol. The van der Waals surface area contributed by atoms with Gasteiger partial charge in [-0.1, -0.05) is 37.4 Å². The molecule has 2 N–H and O–H groups in total. The van der Waals surface area contributed by atoms with E-state index >= 15 is 0 Å². The van der Waals surface area contributed by atoms with E-state index in [-0.39, 0.29) is 10.5 Å². The number of nitrogens with one attached hydrogen (secondary N) is 2. The van der Waals surface area contributed by atoms with E-state index < -0.39 is 0 Å². The third kappa shape index (κ3) is 11.9. The first-order chi connectivity index (χ1) is 8.20. The van der Waals surface area contributed by atoms with E-state index in [0.717, 1.165) is 43.9 Å². The van der Waals surface area contributed by atoms with Gasteiger partial charge in [-0.3, -0.25) is 9.59 Å². The van der Waals surface area contributed by atoms with E-state index in [1.54, 1.807) is 0 Å². The average molecular weight is 278 g/mol. The van der Waals surface area contributed by atoms with Gasteiger partial charge in [-0.15, -0.1) is 0 Å². The number of carbonyl (C=O) groups is 2. The van der Waals surface area contributed by atoms with Crippen molar-refractivity contribution in [2.45, 2.75) is 33.1 Å². The van der Waals surface area contributed by atoms with Gasteiger partial charge in [0.05, 0.1) is 0 Å². The van der Waals surface area contributed by atoms with Gasteiger partial charge in [-0.25, -0.2) is 0 Å². The zero-order valence-corrected chi connectivity index (χ0v) is 12.2. The van der Waals surface area contributed by atoms with E-state index in [9.17, 15) is 9.59 Å². The van der Waals surface area contributed by atoms with Gasteiger partial charge in [0.1, 0.15) is 0 Å². The summed E-state index contributed by atoms with van der Waals surface area (Å²) in [6.45, 7) is 5.52. The Labute approximate surface area is 112 Å². The normalized spacial score (nSPS) is 10.0. The Morgan fingerprint density at radius 2 is 1.29 bits per heavy atom. The van der Waals surface area contributed by atoms with Crippen LogP contribution in [0.4, 0.5) is 9.59 Å². The Bertz CT molecular complexity index is 204. The standard InChI is InChI=1S/C11H22N2O2S2/c1-3-6-12-10(14)16-8-5-9-17-11(15)13-7-4-2/h3-9H2,1-2H3,(H,12,14)(H,13,15). The number of hydrogen-bond donors (Lipinski definition) is 2. The van der Waals surface area contributed by atoms with Gasteiger partial charge in [-0.05, 0) is 19.3 Å². The Morgan fingerprint density at radius 1 is 0.882 bits per heavy atom. The number of hydrogen-bond acceptors (Lipinski definition) is 4. The maximum atomic E-state index is 11.2. The number of thioether (sulfide) groups is 2. The summed E-state index contributed by atoms with van der Waals surface area (Å²) in [5, 5.41) is 5.66. The second kappa shape index (κ2) is 12.1. The van der Waals surface area contributed by atoms with E-state index in [4.69, 9.17) is 0 Å². The lowest BCUT2D eigenvalue weighted by atomic mass is 10.5. The minimum atomic E-state index is 0.0345. The first-order valence-corrected chi connectivity index (χ1v) is 7.99. The second-order valence-corrected chi connectivity index (χ2v) is 5.61. The summed E-state index contributed by atoms with van der Waals surface area (Å²) in [6.07, 6.45) is 2.79. The molecule has 0 saturated heterocycles. The highest BCUT2D eigenvalue weighted by Crippen LogP contribution is 2.09. The zero-order valence-electron chi connectivity index (χ0n) is 10.6. The molecule has 6 heteroatoms. The first kappa shape index (κ1) is 16.6. The molecule has 0 bridgehead atoms. The average Bonchev–Trinajstić information content (AvgIpc) is 2.33. The summed E-state index contributed by atoms with van der Waals surface area (Å²) in [5.41, 5.74) is 0. The van der Waals surface area contributed by atoms with Crippen molar-refractivity contribution in [2.24, 2.45) is 0 Å². The largest absolute Gasteiger partial charge is 0.347 e. The summed E-state index contributed by atoms with van der Waals surface area (Å²) in [4.78, 5) is 22.4. The molecule has 0 atom stereocenters. The van der Waals surface area contributed by atoms with Crippen molar-refractivity contribution in [3.05, 3.63) is 0 Å². The van der Waals surface area contributed by atoms with Crippen LogP contribution >= 0.6 is 23.5 Å². The molecule has 0 aliphatic carbocycles. The number of carbonyl (C=O) groups excluding carboxylic acids is 2. The third-order valence-corrected chi connectivity index (χ3v) is 3.59. The fraction of sp³-hybridized carbons (Fsp3) is 0.818. The summed E-state index contributed by atoms with van der Waals surface area (Å²) < 4.78 is 0. The lowest BCUT2D eigenvalue weighted by molar-refractivity contribution is 0.260. The maximum absolute atomic E-state index is 11.2. The minimum Gasteiger partial charge on any atom is -0.347 e. The smallest absolute Gasteiger partial charge is 0.279 e. The van der Waals surface area contributed by atoms with Gasteiger partial charge in [-0.2, -0.15) is 0 Å². The Balaban J connectivity index is 3.28. The fourth-order valence-electron chi connectivity index (χ4n) is 0.945. The molecule has 100 valence electrons. The molecule has 0 heterocycles. The Hall–Kier alpha value is -0.360. The molecular weight excluding hydrogens is 256 g/mol. The van der Waals surface area contributed by atoms with Gasteiger partial charge in [0.15, 0.2) is 0 Å². The summed E-state index contributed by atoms with van der Waals surface area (Å²) in [6, 6.07) is 0. The number of amides is 2. The van der Waals surface area contributed by atoms with Crippen molar-refractivity contribution < 1.29 is 9.59 Å². The highest BCUT2D eigenvalue weighted by Gasteiger charge is 2.02. The van der Waals surface area contributed by atoms with Crippen LogP contribution < -0.4 is 10.6 Å². The first-order valence-electron chi connectivity index (χ1n) is 6.02. The zero-order chi connectivity index (χ0) is 12.9. The third-order valence-electron chi connectivity index (χ3n) is 1.79. The molecule has 0 saturated carbocycles. The Kier molecular flexibility index (Phi) is 11.8. The van der Waals surface area contributed by atoms with Crippen LogP contribution in [0.5, 0.6) is 0 Å². The lowest BCUT2D eigenvalue weighted by Crippen LogP contribution is -2.20. The molecule has 0 aliphatic heterocycles. The summed E-state index contributed by atoms with van der Waals surface area (Å²) in [5.74, 6) is 1.53. The van der Waals surface area contributed by atoms with Crippen molar-refractivity contribution in [3.8, 4) is 0 Å². The van der Waals surface area contributed by atoms with Gasteiger partial charge in [0.25, 0.3) is 10.5 Å². The van der Waals surface area contributed by atoms with E-state index in [1.807, 2.05) is 13.8 Å².